The van der Waals surface area contributed by atoms with E-state index < -0.39 is 11.7 Å². The van der Waals surface area contributed by atoms with Crippen molar-refractivity contribution in [2.24, 2.45) is 0 Å². The number of ether oxygens (including phenoxy) is 1. The Balaban J connectivity index is 1.78. The Morgan fingerprint density at radius 1 is 1.00 bits per heavy atom. The third-order valence-corrected chi connectivity index (χ3v) is 5.53. The molecule has 0 radical (unpaired) electrons. The van der Waals surface area contributed by atoms with Crippen LogP contribution in [0, 0.1) is 5.82 Å². The lowest BCUT2D eigenvalue weighted by Gasteiger charge is -2.27. The van der Waals surface area contributed by atoms with Gasteiger partial charge in [0.15, 0.2) is 6.61 Å². The average Bonchev–Trinajstić information content (AvgIpc) is 2.81. The van der Waals surface area contributed by atoms with Gasteiger partial charge in [-0.15, -0.1) is 11.8 Å². The fraction of sp³-hybridized carbons (Fsp3) is 0.200. The van der Waals surface area contributed by atoms with Crippen LogP contribution < -0.4 is 10.2 Å². The zero-order chi connectivity index (χ0) is 23.1. The molecular weight excluding hydrogens is 427 g/mol. The van der Waals surface area contributed by atoms with E-state index in [0.717, 1.165) is 10.5 Å². The van der Waals surface area contributed by atoms with Gasteiger partial charge in [0.1, 0.15) is 11.6 Å². The second-order valence-corrected chi connectivity index (χ2v) is 8.14. The molecule has 0 heterocycles. The third-order valence-electron chi connectivity index (χ3n) is 4.73. The van der Waals surface area contributed by atoms with Crippen LogP contribution in [0.4, 0.5) is 4.39 Å². The highest BCUT2D eigenvalue weighted by atomic mass is 32.2. The van der Waals surface area contributed by atoms with E-state index in [9.17, 15) is 14.0 Å². The van der Waals surface area contributed by atoms with Crippen molar-refractivity contribution in [1.82, 2.24) is 10.4 Å². The van der Waals surface area contributed by atoms with Crippen molar-refractivity contribution in [2.45, 2.75) is 24.8 Å². The van der Waals surface area contributed by atoms with Crippen LogP contribution in [0.1, 0.15) is 24.2 Å². The lowest BCUT2D eigenvalue weighted by atomic mass is 10.0. The number of nitrogens with zero attached hydrogens (tertiary/aromatic N) is 1. The van der Waals surface area contributed by atoms with Gasteiger partial charge in [0.25, 0.3) is 11.8 Å². The fourth-order valence-electron chi connectivity index (χ4n) is 3.16. The predicted octanol–water partition coefficient (Wildman–Crippen LogP) is 5.18. The van der Waals surface area contributed by atoms with Gasteiger partial charge < -0.3 is 4.74 Å². The second-order valence-electron chi connectivity index (χ2n) is 7.29. The number of thioether (sulfide) groups is 1. The number of nitrogens with one attached hydrogen (secondary N) is 1. The SMILES string of the molecule is CSc1ccccc1-c1cc(F)ccc1OCC(=O)N(NC(=O)c1ccccc1)C(C)C. The Bertz CT molecular complexity index is 1090. The molecule has 0 aliphatic rings. The molecule has 0 aliphatic heterocycles. The molecule has 0 saturated heterocycles. The van der Waals surface area contributed by atoms with Gasteiger partial charge in [-0.2, -0.15) is 0 Å². The Morgan fingerprint density at radius 2 is 1.69 bits per heavy atom. The van der Waals surface area contributed by atoms with Crippen molar-refractivity contribution in [1.29, 1.82) is 0 Å². The van der Waals surface area contributed by atoms with Crippen molar-refractivity contribution in [3.63, 3.8) is 0 Å². The topological polar surface area (TPSA) is 58.6 Å². The quantitative estimate of drug-likeness (QED) is 0.397. The minimum atomic E-state index is -0.419. The van der Waals surface area contributed by atoms with Gasteiger partial charge in [0.05, 0.1) is 0 Å². The summed E-state index contributed by atoms with van der Waals surface area (Å²) in [5.74, 6) is -0.811. The molecule has 0 aromatic heterocycles. The van der Waals surface area contributed by atoms with E-state index in [0.29, 0.717) is 16.9 Å². The summed E-state index contributed by atoms with van der Waals surface area (Å²) in [6.45, 7) is 3.27. The highest BCUT2D eigenvalue weighted by Gasteiger charge is 2.21. The molecule has 0 aliphatic carbocycles. The molecule has 0 unspecified atom stereocenters. The summed E-state index contributed by atoms with van der Waals surface area (Å²) in [6.07, 6.45) is 1.94. The summed E-state index contributed by atoms with van der Waals surface area (Å²) in [7, 11) is 0. The number of hydrazine groups is 1. The zero-order valence-electron chi connectivity index (χ0n) is 18.2. The Morgan fingerprint density at radius 3 is 2.38 bits per heavy atom. The summed E-state index contributed by atoms with van der Waals surface area (Å²) in [5, 5.41) is 1.24. The van der Waals surface area contributed by atoms with E-state index in [1.165, 1.54) is 23.2 Å². The van der Waals surface area contributed by atoms with Gasteiger partial charge in [-0.3, -0.25) is 15.0 Å². The molecule has 0 fully saturated rings. The molecule has 7 heteroatoms. The standard InChI is InChI=1S/C25H25FN2O3S/c1-17(2)28(27-25(30)18-9-5-4-6-10-18)24(29)16-31-22-14-13-19(26)15-21(22)20-11-7-8-12-23(20)32-3/h4-15,17H,16H2,1-3H3,(H,27,30). The smallest absolute Gasteiger partial charge is 0.279 e. The summed E-state index contributed by atoms with van der Waals surface area (Å²) in [4.78, 5) is 26.3. The van der Waals surface area contributed by atoms with Crippen LogP contribution in [-0.2, 0) is 4.79 Å². The van der Waals surface area contributed by atoms with Gasteiger partial charge in [-0.05, 0) is 62.1 Å². The number of carbonyl (C=O) groups is 2. The van der Waals surface area contributed by atoms with Crippen LogP contribution in [0.3, 0.4) is 0 Å². The summed E-state index contributed by atoms with van der Waals surface area (Å²) >= 11 is 1.54. The average molecular weight is 453 g/mol. The molecule has 2 amide bonds. The van der Waals surface area contributed by atoms with E-state index in [-0.39, 0.29) is 18.6 Å². The molecule has 0 spiro atoms. The zero-order valence-corrected chi connectivity index (χ0v) is 19.0. The highest BCUT2D eigenvalue weighted by Crippen LogP contribution is 2.36. The molecule has 5 nitrogen and oxygen atoms in total. The first-order chi connectivity index (χ1) is 15.4. The van der Waals surface area contributed by atoms with E-state index in [2.05, 4.69) is 5.43 Å². The van der Waals surface area contributed by atoms with Gasteiger partial charge in [-0.1, -0.05) is 36.4 Å². The molecule has 166 valence electrons. The summed E-state index contributed by atoms with van der Waals surface area (Å²) < 4.78 is 19.8. The van der Waals surface area contributed by atoms with Crippen LogP contribution in [-0.4, -0.2) is 35.7 Å². The van der Waals surface area contributed by atoms with Gasteiger partial charge >= 0.3 is 0 Å². The molecule has 3 aromatic carbocycles. The number of hydrogen-bond acceptors (Lipinski definition) is 4. The Labute approximate surface area is 191 Å². The summed E-state index contributed by atoms with van der Waals surface area (Å²) in [5.41, 5.74) is 4.47. The third kappa shape index (κ3) is 5.68. The predicted molar refractivity (Wildman–Crippen MR) is 125 cm³/mol. The maximum Gasteiger partial charge on any atom is 0.279 e. The lowest BCUT2D eigenvalue weighted by molar-refractivity contribution is -0.137. The van der Waals surface area contributed by atoms with E-state index in [1.54, 1.807) is 49.9 Å². The minimum Gasteiger partial charge on any atom is -0.483 e. The van der Waals surface area contributed by atoms with Crippen LogP contribution in [0.15, 0.2) is 77.7 Å². The normalized spacial score (nSPS) is 10.7. The summed E-state index contributed by atoms with van der Waals surface area (Å²) in [6, 6.07) is 20.2. The maximum atomic E-state index is 14.0. The highest BCUT2D eigenvalue weighted by molar-refractivity contribution is 7.98. The molecular formula is C25H25FN2O3S. The maximum absolute atomic E-state index is 14.0. The van der Waals surface area contributed by atoms with E-state index >= 15 is 0 Å². The van der Waals surface area contributed by atoms with Crippen LogP contribution >= 0.6 is 11.8 Å². The van der Waals surface area contributed by atoms with E-state index in [4.69, 9.17) is 4.74 Å². The molecule has 3 aromatic rings. The molecule has 0 saturated carbocycles. The molecule has 0 bridgehead atoms. The number of halogens is 1. The van der Waals surface area contributed by atoms with Crippen molar-refractivity contribution < 1.29 is 18.7 Å². The fourth-order valence-corrected chi connectivity index (χ4v) is 3.77. The van der Waals surface area contributed by atoms with Crippen LogP contribution in [0.2, 0.25) is 0 Å². The van der Waals surface area contributed by atoms with Crippen molar-refractivity contribution in [3.05, 3.63) is 84.2 Å². The largest absolute Gasteiger partial charge is 0.483 e. The first-order valence-electron chi connectivity index (χ1n) is 10.1. The molecule has 1 N–H and O–H groups in total. The molecule has 3 rings (SSSR count). The van der Waals surface area contributed by atoms with Crippen molar-refractivity contribution in [2.75, 3.05) is 12.9 Å². The molecule has 0 atom stereocenters. The number of benzene rings is 3. The lowest BCUT2D eigenvalue weighted by Crippen LogP contribution is -2.51. The Hall–Kier alpha value is -3.32. The molecule has 32 heavy (non-hydrogen) atoms. The van der Waals surface area contributed by atoms with Crippen molar-refractivity contribution in [3.8, 4) is 16.9 Å². The number of hydrogen-bond donors (Lipinski definition) is 1. The minimum absolute atomic E-state index is 0.288. The number of rotatable bonds is 7. The van der Waals surface area contributed by atoms with Gasteiger partial charge in [0, 0.05) is 22.1 Å². The second kappa shape index (κ2) is 10.8. The van der Waals surface area contributed by atoms with Gasteiger partial charge in [0.2, 0.25) is 0 Å². The first kappa shape index (κ1) is 23.3. The van der Waals surface area contributed by atoms with Crippen LogP contribution in [0.25, 0.3) is 11.1 Å². The Kier molecular flexibility index (Phi) is 7.89. The van der Waals surface area contributed by atoms with Crippen LogP contribution in [0.5, 0.6) is 5.75 Å². The van der Waals surface area contributed by atoms with Gasteiger partial charge in [-0.25, -0.2) is 9.40 Å². The number of amides is 2. The van der Waals surface area contributed by atoms with E-state index in [1.807, 2.05) is 36.6 Å². The monoisotopic (exact) mass is 452 g/mol. The van der Waals surface area contributed by atoms with Crippen molar-refractivity contribution >= 4 is 23.6 Å². The number of carbonyl (C=O) groups excluding carboxylic acids is 2. The first-order valence-corrected chi connectivity index (χ1v) is 11.4.